The first-order chi connectivity index (χ1) is 11.6. The lowest BCUT2D eigenvalue weighted by Crippen LogP contribution is -2.60. The lowest BCUT2D eigenvalue weighted by Gasteiger charge is -2.47. The molecule has 0 aromatic heterocycles. The summed E-state index contributed by atoms with van der Waals surface area (Å²) < 4.78 is 16.7. The highest BCUT2D eigenvalue weighted by atomic mass is 16.7. The standard InChI is InChI=1S/C17H26O8/c1-16(2)5-8(6-17(3)10(16)4-11(19)25-17)23-15-14(22)13(21)12(20)9(7-18)24-15/h4,8-9,12-15,18,20-22H,5-7H2,1-3H3/t8-,9+,12+,13-,14+,15+,17+/m0/s1. The van der Waals surface area contributed by atoms with E-state index in [0.717, 1.165) is 5.57 Å². The van der Waals surface area contributed by atoms with E-state index in [1.807, 2.05) is 20.8 Å². The molecule has 2 heterocycles. The van der Waals surface area contributed by atoms with Gasteiger partial charge in [-0.15, -0.1) is 0 Å². The number of rotatable bonds is 3. The number of carbonyl (C=O) groups excluding carboxylic acids is 1. The zero-order valence-corrected chi connectivity index (χ0v) is 14.6. The molecule has 7 atom stereocenters. The Labute approximate surface area is 146 Å². The van der Waals surface area contributed by atoms with Crippen LogP contribution in [-0.2, 0) is 19.0 Å². The van der Waals surface area contributed by atoms with Gasteiger partial charge in [-0.2, -0.15) is 0 Å². The SMILES string of the molecule is CC1(C)C[C@H](O[C@@H]2O[C@H](CO)[C@@H](O)[C@H](O)[C@H]2O)C[C@@]2(C)OC(=O)C=C12. The molecule has 3 rings (SSSR count). The smallest absolute Gasteiger partial charge is 0.331 e. The van der Waals surface area contributed by atoms with Crippen LogP contribution in [0.1, 0.15) is 33.6 Å². The quantitative estimate of drug-likeness (QED) is 0.485. The molecular weight excluding hydrogens is 332 g/mol. The van der Waals surface area contributed by atoms with E-state index in [1.54, 1.807) is 0 Å². The van der Waals surface area contributed by atoms with Crippen LogP contribution in [0.3, 0.4) is 0 Å². The van der Waals surface area contributed by atoms with E-state index in [-0.39, 0.29) is 11.4 Å². The van der Waals surface area contributed by atoms with Gasteiger partial charge in [0.05, 0.1) is 12.7 Å². The van der Waals surface area contributed by atoms with E-state index in [9.17, 15) is 25.2 Å². The zero-order valence-electron chi connectivity index (χ0n) is 14.6. The van der Waals surface area contributed by atoms with Gasteiger partial charge in [-0.25, -0.2) is 4.79 Å². The topological polar surface area (TPSA) is 126 Å². The van der Waals surface area contributed by atoms with Crippen molar-refractivity contribution in [3.63, 3.8) is 0 Å². The van der Waals surface area contributed by atoms with Gasteiger partial charge in [0.2, 0.25) is 0 Å². The van der Waals surface area contributed by atoms with E-state index in [2.05, 4.69) is 0 Å². The fraction of sp³-hybridized carbons (Fsp3) is 0.824. The van der Waals surface area contributed by atoms with Crippen LogP contribution in [0, 0.1) is 5.41 Å². The van der Waals surface area contributed by atoms with Crippen LogP contribution in [0.15, 0.2) is 11.6 Å². The van der Waals surface area contributed by atoms with Gasteiger partial charge in [0.1, 0.15) is 30.0 Å². The monoisotopic (exact) mass is 358 g/mol. The molecule has 0 spiro atoms. The van der Waals surface area contributed by atoms with E-state index in [4.69, 9.17) is 14.2 Å². The molecule has 8 heteroatoms. The summed E-state index contributed by atoms with van der Waals surface area (Å²) in [6, 6.07) is 0. The van der Waals surface area contributed by atoms with Crippen LogP contribution in [-0.4, -0.2) is 75.4 Å². The molecule has 2 aliphatic heterocycles. The van der Waals surface area contributed by atoms with Crippen molar-refractivity contribution in [2.24, 2.45) is 5.41 Å². The normalized spacial score (nSPS) is 46.4. The Morgan fingerprint density at radius 1 is 1.16 bits per heavy atom. The Bertz CT molecular complexity index is 571. The number of ether oxygens (including phenoxy) is 3. The first kappa shape index (κ1) is 18.8. The molecule has 1 aliphatic carbocycles. The molecule has 0 aromatic rings. The molecular formula is C17H26O8. The van der Waals surface area contributed by atoms with Gasteiger partial charge >= 0.3 is 5.97 Å². The van der Waals surface area contributed by atoms with E-state index in [0.29, 0.717) is 12.8 Å². The van der Waals surface area contributed by atoms with Crippen molar-refractivity contribution in [1.29, 1.82) is 0 Å². The van der Waals surface area contributed by atoms with Gasteiger partial charge in [0.25, 0.3) is 0 Å². The predicted octanol–water partition coefficient (Wildman–Crippen LogP) is -0.767. The van der Waals surface area contributed by atoms with Crippen molar-refractivity contribution in [3.8, 4) is 0 Å². The van der Waals surface area contributed by atoms with Gasteiger partial charge < -0.3 is 34.6 Å². The molecule has 1 saturated carbocycles. The maximum absolute atomic E-state index is 11.7. The van der Waals surface area contributed by atoms with Crippen molar-refractivity contribution >= 4 is 5.97 Å². The van der Waals surface area contributed by atoms with Crippen LogP contribution in [0.5, 0.6) is 0 Å². The lowest BCUT2D eigenvalue weighted by atomic mass is 9.65. The van der Waals surface area contributed by atoms with Crippen molar-refractivity contribution in [2.45, 2.75) is 76.0 Å². The van der Waals surface area contributed by atoms with E-state index < -0.39 is 49.0 Å². The molecule has 3 aliphatic rings. The summed E-state index contributed by atoms with van der Waals surface area (Å²) >= 11 is 0. The second kappa shape index (κ2) is 6.29. The number of hydrogen-bond acceptors (Lipinski definition) is 8. The van der Waals surface area contributed by atoms with Gasteiger partial charge in [0, 0.05) is 12.5 Å². The predicted molar refractivity (Wildman–Crippen MR) is 84.2 cm³/mol. The summed E-state index contributed by atoms with van der Waals surface area (Å²) in [4.78, 5) is 11.7. The van der Waals surface area contributed by atoms with Crippen molar-refractivity contribution in [1.82, 2.24) is 0 Å². The van der Waals surface area contributed by atoms with E-state index >= 15 is 0 Å². The average molecular weight is 358 g/mol. The maximum Gasteiger partial charge on any atom is 0.331 e. The molecule has 0 aromatic carbocycles. The highest BCUT2D eigenvalue weighted by molar-refractivity contribution is 5.87. The highest BCUT2D eigenvalue weighted by Crippen LogP contribution is 2.51. The molecule has 0 radical (unpaired) electrons. The third-order valence-corrected chi connectivity index (χ3v) is 5.42. The van der Waals surface area contributed by atoms with Gasteiger partial charge in [-0.1, -0.05) is 13.8 Å². The van der Waals surface area contributed by atoms with Crippen LogP contribution < -0.4 is 0 Å². The third kappa shape index (κ3) is 3.22. The van der Waals surface area contributed by atoms with Gasteiger partial charge in [-0.05, 0) is 24.3 Å². The van der Waals surface area contributed by atoms with Crippen molar-refractivity contribution < 1.29 is 39.4 Å². The number of hydrogen-bond donors (Lipinski definition) is 4. The summed E-state index contributed by atoms with van der Waals surface area (Å²) in [6.07, 6.45) is -4.47. The number of fused-ring (bicyclic) bond motifs is 1. The number of esters is 1. The molecule has 142 valence electrons. The lowest BCUT2D eigenvalue weighted by molar-refractivity contribution is -0.316. The largest absolute Gasteiger partial charge is 0.452 e. The minimum absolute atomic E-state index is 0.349. The molecule has 8 nitrogen and oxygen atoms in total. The Balaban J connectivity index is 1.75. The van der Waals surface area contributed by atoms with Crippen LogP contribution in [0.2, 0.25) is 0 Å². The molecule has 1 saturated heterocycles. The highest BCUT2D eigenvalue weighted by Gasteiger charge is 2.53. The van der Waals surface area contributed by atoms with Crippen molar-refractivity contribution in [3.05, 3.63) is 11.6 Å². The van der Waals surface area contributed by atoms with Crippen LogP contribution in [0.4, 0.5) is 0 Å². The fourth-order valence-electron chi connectivity index (χ4n) is 4.29. The Kier molecular flexibility index (Phi) is 4.72. The number of carbonyl (C=O) groups is 1. The average Bonchev–Trinajstić information content (AvgIpc) is 2.82. The molecule has 0 amide bonds. The molecule has 0 unspecified atom stereocenters. The maximum atomic E-state index is 11.7. The van der Waals surface area contributed by atoms with Gasteiger partial charge in [-0.3, -0.25) is 0 Å². The second-order valence-electron chi connectivity index (χ2n) is 7.96. The molecule has 25 heavy (non-hydrogen) atoms. The third-order valence-electron chi connectivity index (χ3n) is 5.42. The number of aliphatic hydroxyl groups is 4. The minimum atomic E-state index is -1.48. The fourth-order valence-corrected chi connectivity index (χ4v) is 4.29. The minimum Gasteiger partial charge on any atom is -0.452 e. The summed E-state index contributed by atoms with van der Waals surface area (Å²) in [7, 11) is 0. The first-order valence-electron chi connectivity index (χ1n) is 8.49. The summed E-state index contributed by atoms with van der Waals surface area (Å²) in [6.45, 7) is 5.29. The first-order valence-corrected chi connectivity index (χ1v) is 8.49. The summed E-state index contributed by atoms with van der Waals surface area (Å²) in [5.74, 6) is -0.376. The Morgan fingerprint density at radius 3 is 2.48 bits per heavy atom. The summed E-state index contributed by atoms with van der Waals surface area (Å²) in [5.41, 5.74) is -0.214. The van der Waals surface area contributed by atoms with Gasteiger partial charge in [0.15, 0.2) is 6.29 Å². The van der Waals surface area contributed by atoms with E-state index in [1.165, 1.54) is 6.08 Å². The van der Waals surface area contributed by atoms with Crippen LogP contribution in [0.25, 0.3) is 0 Å². The zero-order chi connectivity index (χ0) is 18.6. The molecule has 0 bridgehead atoms. The summed E-state index contributed by atoms with van der Waals surface area (Å²) in [5, 5.41) is 39.1. The molecule has 4 N–H and O–H groups in total. The molecule has 2 fully saturated rings. The van der Waals surface area contributed by atoms with Crippen molar-refractivity contribution in [2.75, 3.05) is 6.61 Å². The number of aliphatic hydroxyl groups excluding tert-OH is 4. The van der Waals surface area contributed by atoms with Crippen LogP contribution >= 0.6 is 0 Å². The Hall–Kier alpha value is -1.03. The Morgan fingerprint density at radius 2 is 1.84 bits per heavy atom. The second-order valence-corrected chi connectivity index (χ2v) is 7.96.